The predicted octanol–water partition coefficient (Wildman–Crippen LogP) is 7.17. The first-order chi connectivity index (χ1) is 16.5. The lowest BCUT2D eigenvalue weighted by Crippen LogP contribution is -2.42. The predicted molar refractivity (Wildman–Crippen MR) is 141 cm³/mol. The summed E-state index contributed by atoms with van der Waals surface area (Å²) in [6.45, 7) is 14.3. The quantitative estimate of drug-likeness (QED) is 0.249. The van der Waals surface area contributed by atoms with Gasteiger partial charge in [-0.3, -0.25) is 4.79 Å². The standard InChI is InChI=1S/C29H46N2O3/c1-6-9-11-19-31(20-12-10-7-2)21-24(5)30-29(32)28-18-17-27(34-28)22-33-26-15-13-25(14-16-26)23(4)8-3/h13-18,23-24H,6-12,19-22H2,1-5H3,(H,30,32). The van der Waals surface area contributed by atoms with Crippen molar-refractivity contribution in [1.82, 2.24) is 10.2 Å². The van der Waals surface area contributed by atoms with Crippen LogP contribution in [-0.2, 0) is 6.61 Å². The van der Waals surface area contributed by atoms with E-state index in [1.54, 1.807) is 6.07 Å². The summed E-state index contributed by atoms with van der Waals surface area (Å²) < 4.78 is 11.6. The largest absolute Gasteiger partial charge is 0.486 e. The van der Waals surface area contributed by atoms with Crippen LogP contribution >= 0.6 is 0 Å². The zero-order valence-corrected chi connectivity index (χ0v) is 22.1. The van der Waals surface area contributed by atoms with Crippen molar-refractivity contribution < 1.29 is 13.9 Å². The molecule has 0 saturated heterocycles. The highest BCUT2D eigenvalue weighted by molar-refractivity contribution is 5.91. The van der Waals surface area contributed by atoms with Crippen LogP contribution in [0.4, 0.5) is 0 Å². The maximum atomic E-state index is 12.7. The topological polar surface area (TPSA) is 54.7 Å². The molecule has 0 saturated carbocycles. The molecule has 0 spiro atoms. The molecular weight excluding hydrogens is 424 g/mol. The number of furan rings is 1. The second-order valence-electron chi connectivity index (χ2n) is 9.52. The third kappa shape index (κ3) is 9.92. The molecule has 2 unspecified atom stereocenters. The lowest BCUT2D eigenvalue weighted by Gasteiger charge is -2.26. The number of nitrogens with zero attached hydrogens (tertiary/aromatic N) is 1. The molecule has 0 aliphatic heterocycles. The van der Waals surface area contributed by atoms with E-state index in [0.717, 1.165) is 31.8 Å². The normalized spacial score (nSPS) is 13.1. The number of hydrogen-bond acceptors (Lipinski definition) is 4. The van der Waals surface area contributed by atoms with E-state index >= 15 is 0 Å². The SMILES string of the molecule is CCCCCN(CCCCC)CC(C)NC(=O)c1ccc(COc2ccc(C(C)CC)cc2)o1. The van der Waals surface area contributed by atoms with Gasteiger partial charge in [0.05, 0.1) is 0 Å². The first-order valence-corrected chi connectivity index (χ1v) is 13.3. The van der Waals surface area contributed by atoms with E-state index in [2.05, 4.69) is 57.0 Å². The van der Waals surface area contributed by atoms with Crippen LogP contribution in [0.25, 0.3) is 0 Å². The molecule has 5 nitrogen and oxygen atoms in total. The van der Waals surface area contributed by atoms with Crippen LogP contribution in [0.15, 0.2) is 40.8 Å². The first kappa shape index (κ1) is 28.0. The van der Waals surface area contributed by atoms with E-state index in [9.17, 15) is 4.79 Å². The van der Waals surface area contributed by atoms with Gasteiger partial charge in [-0.15, -0.1) is 0 Å². The molecule has 1 aromatic carbocycles. The summed E-state index contributed by atoms with van der Waals surface area (Å²) in [6.07, 6.45) is 8.50. The zero-order valence-electron chi connectivity index (χ0n) is 22.1. The van der Waals surface area contributed by atoms with Gasteiger partial charge in [0.15, 0.2) is 5.76 Å². The van der Waals surface area contributed by atoms with Crippen LogP contribution in [-0.4, -0.2) is 36.5 Å². The second kappa shape index (κ2) is 15.6. The minimum absolute atomic E-state index is 0.0598. The van der Waals surface area contributed by atoms with Crippen molar-refractivity contribution in [3.63, 3.8) is 0 Å². The van der Waals surface area contributed by atoms with Crippen molar-refractivity contribution in [1.29, 1.82) is 0 Å². The van der Waals surface area contributed by atoms with Gasteiger partial charge in [0.1, 0.15) is 18.1 Å². The van der Waals surface area contributed by atoms with Crippen molar-refractivity contribution in [2.75, 3.05) is 19.6 Å². The van der Waals surface area contributed by atoms with Gasteiger partial charge in [-0.05, 0) is 75.0 Å². The van der Waals surface area contributed by atoms with E-state index in [4.69, 9.17) is 9.15 Å². The molecule has 0 bridgehead atoms. The zero-order chi connectivity index (χ0) is 24.8. The van der Waals surface area contributed by atoms with Gasteiger partial charge < -0.3 is 19.4 Å². The number of rotatable bonds is 17. The van der Waals surface area contributed by atoms with Crippen molar-refractivity contribution in [3.8, 4) is 5.75 Å². The number of nitrogens with one attached hydrogen (secondary N) is 1. The molecule has 190 valence electrons. The number of hydrogen-bond donors (Lipinski definition) is 1. The van der Waals surface area contributed by atoms with Crippen molar-refractivity contribution in [3.05, 3.63) is 53.5 Å². The maximum Gasteiger partial charge on any atom is 0.287 e. The molecule has 1 N–H and O–H groups in total. The number of ether oxygens (including phenoxy) is 1. The molecule has 0 fully saturated rings. The second-order valence-corrected chi connectivity index (χ2v) is 9.52. The fraction of sp³-hybridized carbons (Fsp3) is 0.621. The molecule has 2 aromatic rings. The van der Waals surface area contributed by atoms with Gasteiger partial charge in [-0.25, -0.2) is 0 Å². The summed E-state index contributed by atoms with van der Waals surface area (Å²) in [4.78, 5) is 15.2. The minimum atomic E-state index is -0.168. The number of carbonyl (C=O) groups excluding carboxylic acids is 1. The highest BCUT2D eigenvalue weighted by Crippen LogP contribution is 2.22. The molecule has 0 radical (unpaired) electrons. The molecular formula is C29H46N2O3. The molecule has 5 heteroatoms. The Morgan fingerprint density at radius 1 is 0.941 bits per heavy atom. The van der Waals surface area contributed by atoms with Crippen molar-refractivity contribution in [2.45, 2.75) is 98.1 Å². The average Bonchev–Trinajstić information content (AvgIpc) is 3.32. The first-order valence-electron chi connectivity index (χ1n) is 13.3. The summed E-state index contributed by atoms with van der Waals surface area (Å²) >= 11 is 0. The van der Waals surface area contributed by atoms with Crippen LogP contribution in [0.3, 0.4) is 0 Å². The Hall–Kier alpha value is -2.27. The Kier molecular flexibility index (Phi) is 12.8. The van der Waals surface area contributed by atoms with Gasteiger partial charge >= 0.3 is 0 Å². The molecule has 2 rings (SSSR count). The third-order valence-electron chi connectivity index (χ3n) is 6.39. The number of amides is 1. The Balaban J connectivity index is 1.82. The summed E-state index contributed by atoms with van der Waals surface area (Å²) in [5.74, 6) is 2.15. The Bertz CT molecular complexity index is 805. The van der Waals surface area contributed by atoms with E-state index in [0.29, 0.717) is 24.0 Å². The molecule has 1 amide bonds. The lowest BCUT2D eigenvalue weighted by molar-refractivity contribution is 0.0896. The molecule has 0 aliphatic rings. The molecule has 1 heterocycles. The van der Waals surface area contributed by atoms with Gasteiger partial charge in [-0.1, -0.05) is 65.5 Å². The summed E-state index contributed by atoms with van der Waals surface area (Å²) in [5, 5.41) is 3.10. The number of carbonyl (C=O) groups is 1. The van der Waals surface area contributed by atoms with Crippen molar-refractivity contribution >= 4 is 5.91 Å². The van der Waals surface area contributed by atoms with E-state index in [1.165, 1.54) is 44.1 Å². The summed E-state index contributed by atoms with van der Waals surface area (Å²) in [5.41, 5.74) is 1.32. The van der Waals surface area contributed by atoms with Crippen LogP contribution in [0.5, 0.6) is 5.75 Å². The smallest absolute Gasteiger partial charge is 0.287 e. The Morgan fingerprint density at radius 3 is 2.18 bits per heavy atom. The van der Waals surface area contributed by atoms with E-state index < -0.39 is 0 Å². The fourth-order valence-corrected chi connectivity index (χ4v) is 4.05. The maximum absolute atomic E-state index is 12.7. The van der Waals surface area contributed by atoms with Gasteiger partial charge in [0.25, 0.3) is 5.91 Å². The van der Waals surface area contributed by atoms with Gasteiger partial charge in [0.2, 0.25) is 0 Å². The van der Waals surface area contributed by atoms with E-state index in [1.807, 2.05) is 18.2 Å². The third-order valence-corrected chi connectivity index (χ3v) is 6.39. The monoisotopic (exact) mass is 470 g/mol. The molecule has 2 atom stereocenters. The van der Waals surface area contributed by atoms with Crippen LogP contribution in [0, 0.1) is 0 Å². The number of unbranched alkanes of at least 4 members (excludes halogenated alkanes) is 4. The summed E-state index contributed by atoms with van der Waals surface area (Å²) in [7, 11) is 0. The Morgan fingerprint density at radius 2 is 1.59 bits per heavy atom. The molecule has 0 aliphatic carbocycles. The van der Waals surface area contributed by atoms with Crippen molar-refractivity contribution in [2.24, 2.45) is 0 Å². The lowest BCUT2D eigenvalue weighted by atomic mass is 9.99. The molecule has 34 heavy (non-hydrogen) atoms. The number of benzene rings is 1. The fourth-order valence-electron chi connectivity index (χ4n) is 4.05. The van der Waals surface area contributed by atoms with Crippen LogP contribution in [0.1, 0.15) is 107 Å². The minimum Gasteiger partial charge on any atom is -0.486 e. The average molecular weight is 471 g/mol. The summed E-state index contributed by atoms with van der Waals surface area (Å²) in [6, 6.07) is 11.8. The Labute approximate surface area is 207 Å². The highest BCUT2D eigenvalue weighted by atomic mass is 16.5. The van der Waals surface area contributed by atoms with Gasteiger partial charge in [-0.2, -0.15) is 0 Å². The molecule has 1 aromatic heterocycles. The highest BCUT2D eigenvalue weighted by Gasteiger charge is 2.16. The van der Waals surface area contributed by atoms with Crippen LogP contribution in [0.2, 0.25) is 0 Å². The van der Waals surface area contributed by atoms with E-state index in [-0.39, 0.29) is 11.9 Å². The van der Waals surface area contributed by atoms with Gasteiger partial charge in [0, 0.05) is 12.6 Å². The van der Waals surface area contributed by atoms with Crippen LogP contribution < -0.4 is 10.1 Å².